The fourth-order valence-corrected chi connectivity index (χ4v) is 2.34. The van der Waals surface area contributed by atoms with Gasteiger partial charge in [0.1, 0.15) is 5.82 Å². The monoisotopic (exact) mass is 328 g/mol. The van der Waals surface area contributed by atoms with Gasteiger partial charge < -0.3 is 16.0 Å². The lowest BCUT2D eigenvalue weighted by Gasteiger charge is -2.22. The molecule has 0 aliphatic heterocycles. The van der Waals surface area contributed by atoms with E-state index in [-0.39, 0.29) is 5.82 Å². The number of aliphatic imine (C=N–C) groups is 1. The van der Waals surface area contributed by atoms with E-state index in [1.54, 1.807) is 25.2 Å². The van der Waals surface area contributed by atoms with Crippen LogP contribution in [0.1, 0.15) is 21.5 Å². The summed E-state index contributed by atoms with van der Waals surface area (Å²) >= 11 is 0. The van der Waals surface area contributed by atoms with Crippen LogP contribution in [0.5, 0.6) is 0 Å². The summed E-state index contributed by atoms with van der Waals surface area (Å²) in [6.07, 6.45) is 0. The highest BCUT2D eigenvalue weighted by atomic mass is 19.1. The third-order valence-electron chi connectivity index (χ3n) is 3.57. The van der Waals surface area contributed by atoms with E-state index in [4.69, 9.17) is 5.73 Å². The summed E-state index contributed by atoms with van der Waals surface area (Å²) in [7, 11) is 3.58. The Morgan fingerprint density at radius 2 is 1.92 bits per heavy atom. The minimum absolute atomic E-state index is 0.251. The van der Waals surface area contributed by atoms with Gasteiger partial charge in [-0.15, -0.1) is 0 Å². The van der Waals surface area contributed by atoms with E-state index < -0.39 is 5.91 Å². The number of primary amides is 1. The first-order valence-corrected chi connectivity index (χ1v) is 7.54. The molecule has 0 aromatic heterocycles. The molecular formula is C18H21FN4O. The van der Waals surface area contributed by atoms with Gasteiger partial charge in [0.05, 0.1) is 0 Å². The molecule has 0 saturated carbocycles. The molecule has 0 radical (unpaired) electrons. The molecule has 3 N–H and O–H groups in total. The molecule has 0 fully saturated rings. The molecule has 6 heteroatoms. The number of rotatable bonds is 5. The van der Waals surface area contributed by atoms with E-state index in [1.165, 1.54) is 12.1 Å². The molecule has 0 atom stereocenters. The summed E-state index contributed by atoms with van der Waals surface area (Å²) in [5.41, 5.74) is 7.57. The second-order valence-electron chi connectivity index (χ2n) is 5.45. The number of nitrogens with two attached hydrogens (primary N) is 1. The number of carbonyl (C=O) groups is 1. The van der Waals surface area contributed by atoms with E-state index in [0.29, 0.717) is 24.6 Å². The van der Waals surface area contributed by atoms with Gasteiger partial charge in [0.25, 0.3) is 0 Å². The molecule has 0 aliphatic rings. The largest absolute Gasteiger partial charge is 0.366 e. The van der Waals surface area contributed by atoms with Crippen molar-refractivity contribution in [2.24, 2.45) is 10.7 Å². The van der Waals surface area contributed by atoms with Crippen LogP contribution in [0.3, 0.4) is 0 Å². The normalized spacial score (nSPS) is 11.2. The Bertz CT molecular complexity index is 728. The maximum Gasteiger partial charge on any atom is 0.248 e. The molecule has 5 nitrogen and oxygen atoms in total. The lowest BCUT2D eigenvalue weighted by Crippen LogP contribution is -2.38. The molecule has 1 amide bonds. The average molecular weight is 328 g/mol. The topological polar surface area (TPSA) is 70.7 Å². The van der Waals surface area contributed by atoms with Gasteiger partial charge >= 0.3 is 0 Å². The highest BCUT2D eigenvalue weighted by molar-refractivity contribution is 5.92. The third-order valence-corrected chi connectivity index (χ3v) is 3.57. The zero-order valence-corrected chi connectivity index (χ0v) is 13.8. The van der Waals surface area contributed by atoms with E-state index >= 15 is 0 Å². The van der Waals surface area contributed by atoms with Crippen molar-refractivity contribution in [2.45, 2.75) is 13.1 Å². The van der Waals surface area contributed by atoms with Crippen LogP contribution in [0.2, 0.25) is 0 Å². The van der Waals surface area contributed by atoms with E-state index in [0.717, 1.165) is 11.1 Å². The minimum Gasteiger partial charge on any atom is -0.366 e. The van der Waals surface area contributed by atoms with Gasteiger partial charge in [0, 0.05) is 32.7 Å². The molecule has 126 valence electrons. The first kappa shape index (κ1) is 17.5. The van der Waals surface area contributed by atoms with Crippen molar-refractivity contribution in [3.8, 4) is 0 Å². The van der Waals surface area contributed by atoms with Crippen molar-refractivity contribution in [2.75, 3.05) is 14.1 Å². The maximum absolute atomic E-state index is 13.3. The van der Waals surface area contributed by atoms with Crippen LogP contribution in [0, 0.1) is 5.82 Å². The molecule has 0 saturated heterocycles. The van der Waals surface area contributed by atoms with Crippen molar-refractivity contribution < 1.29 is 9.18 Å². The van der Waals surface area contributed by atoms with Crippen LogP contribution in [0.15, 0.2) is 53.5 Å². The van der Waals surface area contributed by atoms with E-state index in [1.807, 2.05) is 30.1 Å². The summed E-state index contributed by atoms with van der Waals surface area (Å²) in [5.74, 6) is -0.00299. The van der Waals surface area contributed by atoms with Gasteiger partial charge in [0.15, 0.2) is 5.96 Å². The summed E-state index contributed by atoms with van der Waals surface area (Å²) in [6.45, 7) is 1.09. The van der Waals surface area contributed by atoms with Crippen molar-refractivity contribution in [1.82, 2.24) is 10.2 Å². The van der Waals surface area contributed by atoms with Gasteiger partial charge in [-0.2, -0.15) is 0 Å². The van der Waals surface area contributed by atoms with Gasteiger partial charge in [-0.3, -0.25) is 9.79 Å². The zero-order valence-electron chi connectivity index (χ0n) is 13.8. The maximum atomic E-state index is 13.3. The number of hydrogen-bond donors (Lipinski definition) is 2. The molecule has 24 heavy (non-hydrogen) atoms. The van der Waals surface area contributed by atoms with Crippen LogP contribution in [0.4, 0.5) is 4.39 Å². The lowest BCUT2D eigenvalue weighted by molar-refractivity contribution is 0.100. The lowest BCUT2D eigenvalue weighted by atomic mass is 10.1. The Labute approximate surface area is 141 Å². The number of amides is 1. The molecule has 2 aromatic carbocycles. The zero-order chi connectivity index (χ0) is 17.5. The van der Waals surface area contributed by atoms with Gasteiger partial charge in [0.2, 0.25) is 5.91 Å². The van der Waals surface area contributed by atoms with Crippen LogP contribution < -0.4 is 11.1 Å². The highest BCUT2D eigenvalue weighted by Gasteiger charge is 2.07. The number of carbonyl (C=O) groups excluding carboxylic acids is 1. The molecular weight excluding hydrogens is 307 g/mol. The van der Waals surface area contributed by atoms with E-state index in [2.05, 4.69) is 10.3 Å². The Balaban J connectivity index is 1.95. The van der Waals surface area contributed by atoms with Gasteiger partial charge in [-0.25, -0.2) is 4.39 Å². The van der Waals surface area contributed by atoms with Crippen molar-refractivity contribution in [1.29, 1.82) is 0 Å². The Hall–Kier alpha value is -2.89. The molecule has 2 aromatic rings. The van der Waals surface area contributed by atoms with Crippen molar-refractivity contribution in [3.63, 3.8) is 0 Å². The number of nitrogens with one attached hydrogen (secondary N) is 1. The fraction of sp³-hybridized carbons (Fsp3) is 0.222. The van der Waals surface area contributed by atoms with Crippen molar-refractivity contribution in [3.05, 3.63) is 71.0 Å². The van der Waals surface area contributed by atoms with Gasteiger partial charge in [-0.1, -0.05) is 24.3 Å². The fourth-order valence-electron chi connectivity index (χ4n) is 2.34. The number of benzene rings is 2. The molecule has 0 spiro atoms. The summed E-state index contributed by atoms with van der Waals surface area (Å²) in [4.78, 5) is 17.2. The quantitative estimate of drug-likeness (QED) is 0.652. The van der Waals surface area contributed by atoms with Gasteiger partial charge in [-0.05, 0) is 35.4 Å². The summed E-state index contributed by atoms with van der Waals surface area (Å²) in [6, 6.07) is 13.6. The number of halogens is 1. The first-order valence-electron chi connectivity index (χ1n) is 7.54. The highest BCUT2D eigenvalue weighted by Crippen LogP contribution is 2.07. The SMILES string of the molecule is CN=C(NCc1ccc(C(N)=O)cc1)N(C)Cc1cccc(F)c1. The van der Waals surface area contributed by atoms with Crippen molar-refractivity contribution >= 4 is 11.9 Å². The molecule has 2 rings (SSSR count). The third kappa shape index (κ3) is 4.81. The predicted molar refractivity (Wildman–Crippen MR) is 93.0 cm³/mol. The second kappa shape index (κ2) is 8.10. The molecule has 0 unspecified atom stereocenters. The smallest absolute Gasteiger partial charge is 0.248 e. The van der Waals surface area contributed by atoms with Crippen LogP contribution >= 0.6 is 0 Å². The predicted octanol–water partition coefficient (Wildman–Crippen LogP) is 2.13. The van der Waals surface area contributed by atoms with Crippen LogP contribution in [-0.4, -0.2) is 30.9 Å². The minimum atomic E-state index is -0.444. The van der Waals surface area contributed by atoms with Crippen LogP contribution in [-0.2, 0) is 13.1 Å². The average Bonchev–Trinajstić information content (AvgIpc) is 2.56. The standard InChI is InChI=1S/C18H21FN4O/c1-21-18(23(2)12-14-4-3-5-16(19)10-14)22-11-13-6-8-15(9-7-13)17(20)24/h3-10H,11-12H2,1-2H3,(H2,20,24)(H,21,22). The first-order chi connectivity index (χ1) is 11.5. The number of nitrogens with zero attached hydrogens (tertiary/aromatic N) is 2. The Morgan fingerprint density at radius 3 is 2.50 bits per heavy atom. The van der Waals surface area contributed by atoms with E-state index in [9.17, 15) is 9.18 Å². The summed E-state index contributed by atoms with van der Waals surface area (Å²) < 4.78 is 13.3. The number of guanidine groups is 1. The molecule has 0 heterocycles. The summed E-state index contributed by atoms with van der Waals surface area (Å²) in [5, 5.41) is 3.24. The molecule has 0 bridgehead atoms. The Morgan fingerprint density at radius 1 is 1.21 bits per heavy atom. The second-order valence-corrected chi connectivity index (χ2v) is 5.45. The number of hydrogen-bond acceptors (Lipinski definition) is 2. The molecule has 0 aliphatic carbocycles. The Kier molecular flexibility index (Phi) is 5.89. The van der Waals surface area contributed by atoms with Crippen LogP contribution in [0.25, 0.3) is 0 Å².